The largest absolute Gasteiger partial charge is 0.487 e. The van der Waals surface area contributed by atoms with Gasteiger partial charge in [0.1, 0.15) is 24.1 Å². The molecule has 0 saturated heterocycles. The van der Waals surface area contributed by atoms with Crippen molar-refractivity contribution in [2.75, 3.05) is 0 Å². The van der Waals surface area contributed by atoms with E-state index >= 15 is 0 Å². The summed E-state index contributed by atoms with van der Waals surface area (Å²) >= 11 is 0. The molecule has 0 amide bonds. The minimum atomic E-state index is -0.196. The molecule has 29 heavy (non-hydrogen) atoms. The Labute approximate surface area is 172 Å². The third-order valence-corrected chi connectivity index (χ3v) is 5.04. The highest BCUT2D eigenvalue weighted by Gasteiger charge is 2.34. The van der Waals surface area contributed by atoms with Crippen LogP contribution in [0.15, 0.2) is 97.1 Å². The van der Waals surface area contributed by atoms with Gasteiger partial charge in [-0.2, -0.15) is 0 Å². The van der Waals surface area contributed by atoms with E-state index in [2.05, 4.69) is 36.4 Å². The van der Waals surface area contributed by atoms with Crippen molar-refractivity contribution in [3.8, 4) is 0 Å². The molecule has 1 aliphatic heterocycles. The van der Waals surface area contributed by atoms with E-state index in [0.717, 1.165) is 22.4 Å². The van der Waals surface area contributed by atoms with Crippen molar-refractivity contribution < 1.29 is 14.2 Å². The number of rotatable bonds is 7. The van der Waals surface area contributed by atoms with Gasteiger partial charge in [-0.25, -0.2) is 0 Å². The SMILES string of the molecule is C[C@H]1OC(c2ccccc2)=C[C@@H](OCc2ccccc2)[C@H]1OCc1ccccc1. The van der Waals surface area contributed by atoms with Crippen LogP contribution in [0, 0.1) is 0 Å². The lowest BCUT2D eigenvalue weighted by Gasteiger charge is -2.35. The normalized spacial score (nSPS) is 21.3. The maximum atomic E-state index is 6.31. The van der Waals surface area contributed by atoms with Crippen LogP contribution in [0.1, 0.15) is 23.6 Å². The standard InChI is InChI=1S/C26H26O3/c1-20-26(28-19-22-13-7-3-8-14-22)25(27-18-21-11-5-2-6-12-21)17-24(29-20)23-15-9-4-10-16-23/h2-17,20,25-26H,18-19H2,1H3/t20-,25-,26+/m1/s1. The van der Waals surface area contributed by atoms with E-state index < -0.39 is 0 Å². The van der Waals surface area contributed by atoms with Gasteiger partial charge in [-0.1, -0.05) is 91.0 Å². The first-order chi connectivity index (χ1) is 14.3. The Morgan fingerprint density at radius 2 is 1.21 bits per heavy atom. The van der Waals surface area contributed by atoms with Crippen LogP contribution in [0.3, 0.4) is 0 Å². The Kier molecular flexibility index (Phi) is 6.40. The third-order valence-electron chi connectivity index (χ3n) is 5.04. The summed E-state index contributed by atoms with van der Waals surface area (Å²) in [7, 11) is 0. The molecule has 3 aromatic rings. The van der Waals surface area contributed by atoms with Crippen molar-refractivity contribution in [1.29, 1.82) is 0 Å². The average Bonchev–Trinajstić information content (AvgIpc) is 2.79. The predicted molar refractivity (Wildman–Crippen MR) is 115 cm³/mol. The second-order valence-corrected chi connectivity index (χ2v) is 7.24. The molecule has 3 nitrogen and oxygen atoms in total. The zero-order valence-electron chi connectivity index (χ0n) is 16.6. The molecule has 0 aliphatic carbocycles. The van der Waals surface area contributed by atoms with Crippen LogP contribution in [0.5, 0.6) is 0 Å². The van der Waals surface area contributed by atoms with E-state index in [-0.39, 0.29) is 18.3 Å². The molecule has 0 N–H and O–H groups in total. The molecule has 148 valence electrons. The van der Waals surface area contributed by atoms with Crippen molar-refractivity contribution in [3.05, 3.63) is 114 Å². The highest BCUT2D eigenvalue weighted by atomic mass is 16.6. The summed E-state index contributed by atoms with van der Waals surface area (Å²) in [5.74, 6) is 0.843. The molecule has 1 heterocycles. The number of benzene rings is 3. The lowest BCUT2D eigenvalue weighted by molar-refractivity contribution is -0.119. The Bertz CT molecular complexity index is 906. The molecule has 3 heteroatoms. The van der Waals surface area contributed by atoms with E-state index in [1.807, 2.05) is 67.6 Å². The first-order valence-electron chi connectivity index (χ1n) is 10.0. The maximum absolute atomic E-state index is 6.31. The Balaban J connectivity index is 1.53. The molecule has 3 aromatic carbocycles. The Morgan fingerprint density at radius 1 is 0.690 bits per heavy atom. The second kappa shape index (κ2) is 9.55. The molecule has 4 rings (SSSR count). The number of ether oxygens (including phenoxy) is 3. The molecule has 0 unspecified atom stereocenters. The van der Waals surface area contributed by atoms with E-state index in [1.165, 1.54) is 0 Å². The molecule has 0 radical (unpaired) electrons. The fourth-order valence-electron chi connectivity index (χ4n) is 3.49. The van der Waals surface area contributed by atoms with E-state index in [1.54, 1.807) is 0 Å². The van der Waals surface area contributed by atoms with Crippen molar-refractivity contribution in [2.45, 2.75) is 38.4 Å². The summed E-state index contributed by atoms with van der Waals surface area (Å²) in [5.41, 5.74) is 3.33. The first-order valence-corrected chi connectivity index (χ1v) is 10.0. The predicted octanol–water partition coefficient (Wildman–Crippen LogP) is 5.62. The van der Waals surface area contributed by atoms with Gasteiger partial charge in [-0.15, -0.1) is 0 Å². The van der Waals surface area contributed by atoms with Crippen LogP contribution in [0.2, 0.25) is 0 Å². The molecule has 0 spiro atoms. The first kappa shape index (κ1) is 19.4. The van der Waals surface area contributed by atoms with Crippen LogP contribution in [0.25, 0.3) is 5.76 Å². The minimum Gasteiger partial charge on any atom is -0.487 e. The van der Waals surface area contributed by atoms with E-state index in [9.17, 15) is 0 Å². The monoisotopic (exact) mass is 386 g/mol. The topological polar surface area (TPSA) is 27.7 Å². The number of hydrogen-bond acceptors (Lipinski definition) is 3. The van der Waals surface area contributed by atoms with Crippen molar-refractivity contribution in [3.63, 3.8) is 0 Å². The smallest absolute Gasteiger partial charge is 0.125 e. The van der Waals surface area contributed by atoms with Gasteiger partial charge >= 0.3 is 0 Å². The van der Waals surface area contributed by atoms with Gasteiger partial charge in [0.05, 0.1) is 13.2 Å². The minimum absolute atomic E-state index is 0.125. The molecule has 0 fully saturated rings. The Hall–Kier alpha value is -2.88. The van der Waals surface area contributed by atoms with E-state index in [0.29, 0.717) is 13.2 Å². The lowest BCUT2D eigenvalue weighted by Crippen LogP contribution is -2.43. The van der Waals surface area contributed by atoms with Gasteiger partial charge < -0.3 is 14.2 Å². The summed E-state index contributed by atoms with van der Waals surface area (Å²) < 4.78 is 18.8. The number of hydrogen-bond donors (Lipinski definition) is 0. The summed E-state index contributed by atoms with van der Waals surface area (Å²) in [5, 5.41) is 0. The quantitative estimate of drug-likeness (QED) is 0.528. The van der Waals surface area contributed by atoms with E-state index in [4.69, 9.17) is 14.2 Å². The molecule has 0 aromatic heterocycles. The highest BCUT2D eigenvalue weighted by Crippen LogP contribution is 2.30. The summed E-state index contributed by atoms with van der Waals surface area (Å²) in [6.45, 7) is 3.10. The maximum Gasteiger partial charge on any atom is 0.125 e. The zero-order chi connectivity index (χ0) is 19.9. The third kappa shape index (κ3) is 5.14. The molecule has 0 bridgehead atoms. The zero-order valence-corrected chi connectivity index (χ0v) is 16.6. The van der Waals surface area contributed by atoms with Gasteiger partial charge in [0.15, 0.2) is 0 Å². The molecule has 0 saturated carbocycles. The van der Waals surface area contributed by atoms with Crippen molar-refractivity contribution >= 4 is 5.76 Å². The van der Waals surface area contributed by atoms with Gasteiger partial charge in [0.25, 0.3) is 0 Å². The van der Waals surface area contributed by atoms with Crippen LogP contribution in [0.4, 0.5) is 0 Å². The molecular weight excluding hydrogens is 360 g/mol. The fraction of sp³-hybridized carbons (Fsp3) is 0.231. The van der Waals surface area contributed by atoms with Crippen LogP contribution in [-0.4, -0.2) is 18.3 Å². The van der Waals surface area contributed by atoms with Gasteiger partial charge in [-0.05, 0) is 24.1 Å². The summed E-state index contributed by atoms with van der Waals surface area (Å²) in [6, 6.07) is 30.6. The van der Waals surface area contributed by atoms with Crippen LogP contribution in [-0.2, 0) is 27.4 Å². The van der Waals surface area contributed by atoms with Gasteiger partial charge in [-0.3, -0.25) is 0 Å². The van der Waals surface area contributed by atoms with Gasteiger partial charge in [0, 0.05) is 5.56 Å². The second-order valence-electron chi connectivity index (χ2n) is 7.24. The average molecular weight is 386 g/mol. The Morgan fingerprint density at radius 3 is 1.79 bits per heavy atom. The molecule has 1 aliphatic rings. The van der Waals surface area contributed by atoms with Crippen molar-refractivity contribution in [1.82, 2.24) is 0 Å². The summed E-state index contributed by atoms with van der Waals surface area (Å²) in [4.78, 5) is 0. The summed E-state index contributed by atoms with van der Waals surface area (Å²) in [6.07, 6.45) is 1.54. The fourth-order valence-corrected chi connectivity index (χ4v) is 3.49. The molecule has 3 atom stereocenters. The lowest BCUT2D eigenvalue weighted by atomic mass is 10.0. The van der Waals surface area contributed by atoms with Crippen LogP contribution >= 0.6 is 0 Å². The van der Waals surface area contributed by atoms with Gasteiger partial charge in [0.2, 0.25) is 0 Å². The van der Waals surface area contributed by atoms with Crippen LogP contribution < -0.4 is 0 Å². The highest BCUT2D eigenvalue weighted by molar-refractivity contribution is 5.61. The molecular formula is C26H26O3. The van der Waals surface area contributed by atoms with Crippen molar-refractivity contribution in [2.24, 2.45) is 0 Å².